The summed E-state index contributed by atoms with van der Waals surface area (Å²) in [5, 5.41) is 3.02. The number of nitrogens with one attached hydrogen (secondary N) is 1. The molecule has 0 aromatic heterocycles. The molecular weight excluding hydrogens is 576 g/mol. The summed E-state index contributed by atoms with van der Waals surface area (Å²) >= 11 is 12.3. The molecule has 214 valence electrons. The molecule has 3 aromatic carbocycles. The van der Waals surface area contributed by atoms with Gasteiger partial charge >= 0.3 is 0 Å². The van der Waals surface area contributed by atoms with Gasteiger partial charge in [-0.05, 0) is 41.3 Å². The van der Waals surface area contributed by atoms with Gasteiger partial charge in [0.2, 0.25) is 21.8 Å². The average Bonchev–Trinajstić information content (AvgIpc) is 2.90. The first-order valence-electron chi connectivity index (χ1n) is 12.6. The maximum atomic E-state index is 14.0. The summed E-state index contributed by atoms with van der Waals surface area (Å²) in [6.45, 7) is 3.61. The van der Waals surface area contributed by atoms with Crippen LogP contribution in [0.4, 0.5) is 10.1 Å². The van der Waals surface area contributed by atoms with E-state index in [4.69, 9.17) is 23.2 Å². The van der Waals surface area contributed by atoms with Gasteiger partial charge in [-0.25, -0.2) is 12.8 Å². The van der Waals surface area contributed by atoms with Crippen molar-refractivity contribution in [2.24, 2.45) is 5.92 Å². The van der Waals surface area contributed by atoms with Crippen molar-refractivity contribution in [1.82, 2.24) is 10.2 Å². The fourth-order valence-electron chi connectivity index (χ4n) is 4.04. The van der Waals surface area contributed by atoms with Crippen LogP contribution in [0, 0.1) is 11.7 Å². The van der Waals surface area contributed by atoms with Gasteiger partial charge in [0.1, 0.15) is 18.4 Å². The molecule has 0 fully saturated rings. The molecule has 40 heavy (non-hydrogen) atoms. The van der Waals surface area contributed by atoms with Gasteiger partial charge in [-0.1, -0.05) is 85.6 Å². The number of benzene rings is 3. The Balaban J connectivity index is 2.07. The number of sulfonamides is 1. The lowest BCUT2D eigenvalue weighted by Crippen LogP contribution is -2.53. The lowest BCUT2D eigenvalue weighted by Gasteiger charge is -2.34. The Labute approximate surface area is 244 Å². The smallest absolute Gasteiger partial charge is 0.244 e. The second-order valence-corrected chi connectivity index (χ2v) is 12.5. The van der Waals surface area contributed by atoms with Gasteiger partial charge in [0.25, 0.3) is 0 Å². The van der Waals surface area contributed by atoms with Crippen molar-refractivity contribution in [3.05, 3.63) is 99.8 Å². The molecule has 7 nitrogen and oxygen atoms in total. The third-order valence-electron chi connectivity index (χ3n) is 6.12. The molecule has 0 radical (unpaired) electrons. The Bertz CT molecular complexity index is 1440. The molecule has 0 aliphatic rings. The predicted molar refractivity (Wildman–Crippen MR) is 157 cm³/mol. The zero-order chi connectivity index (χ0) is 29.4. The van der Waals surface area contributed by atoms with Gasteiger partial charge in [0.15, 0.2) is 0 Å². The van der Waals surface area contributed by atoms with E-state index < -0.39 is 34.3 Å². The zero-order valence-electron chi connectivity index (χ0n) is 22.5. The Hall–Kier alpha value is -3.14. The summed E-state index contributed by atoms with van der Waals surface area (Å²) in [5.41, 5.74) is 1.42. The van der Waals surface area contributed by atoms with Crippen LogP contribution >= 0.6 is 23.2 Å². The van der Waals surface area contributed by atoms with E-state index >= 15 is 0 Å². The maximum Gasteiger partial charge on any atom is 0.244 e. The largest absolute Gasteiger partial charge is 0.354 e. The number of carbonyl (C=O) groups excluding carboxylic acids is 2. The summed E-state index contributed by atoms with van der Waals surface area (Å²) in [7, 11) is -4.01. The molecule has 0 spiro atoms. The monoisotopic (exact) mass is 607 g/mol. The lowest BCUT2D eigenvalue weighted by atomic mass is 10.0. The highest BCUT2D eigenvalue weighted by molar-refractivity contribution is 7.92. The summed E-state index contributed by atoms with van der Waals surface area (Å²) in [6, 6.07) is 18.6. The van der Waals surface area contributed by atoms with Crippen LogP contribution in [-0.2, 0) is 32.6 Å². The molecule has 0 unspecified atom stereocenters. The number of carbonyl (C=O) groups is 2. The second kappa shape index (κ2) is 14.0. The van der Waals surface area contributed by atoms with Gasteiger partial charge in [0, 0.05) is 24.5 Å². The lowest BCUT2D eigenvalue weighted by molar-refractivity contribution is -0.140. The molecule has 0 bridgehead atoms. The van der Waals surface area contributed by atoms with Crippen LogP contribution in [0.3, 0.4) is 0 Å². The first kappa shape index (κ1) is 31.4. The van der Waals surface area contributed by atoms with E-state index in [0.717, 1.165) is 28.3 Å². The van der Waals surface area contributed by atoms with Crippen LogP contribution < -0.4 is 9.62 Å². The van der Waals surface area contributed by atoms with Crippen molar-refractivity contribution in [2.75, 3.05) is 23.7 Å². The number of hydrogen-bond acceptors (Lipinski definition) is 4. The number of amides is 2. The second-order valence-electron chi connectivity index (χ2n) is 9.83. The van der Waals surface area contributed by atoms with Crippen molar-refractivity contribution < 1.29 is 22.4 Å². The SMILES string of the molecule is CC(C)CNC(=O)[C@H](Cc1ccccc1)N(Cc1ccccc1Cl)C(=O)CN(c1ccc(F)c(Cl)c1)S(C)(=O)=O. The van der Waals surface area contributed by atoms with E-state index in [9.17, 15) is 22.4 Å². The number of rotatable bonds is 12. The third kappa shape index (κ3) is 8.68. The number of halogens is 3. The Morgan fingerprint density at radius 2 is 1.60 bits per heavy atom. The molecule has 0 aliphatic heterocycles. The molecule has 1 N–H and O–H groups in total. The van der Waals surface area contributed by atoms with E-state index in [1.54, 1.807) is 24.3 Å². The van der Waals surface area contributed by atoms with E-state index in [1.807, 2.05) is 44.2 Å². The van der Waals surface area contributed by atoms with Crippen molar-refractivity contribution >= 4 is 50.7 Å². The van der Waals surface area contributed by atoms with E-state index in [2.05, 4.69) is 5.32 Å². The van der Waals surface area contributed by atoms with E-state index in [0.29, 0.717) is 17.1 Å². The minimum atomic E-state index is -4.01. The van der Waals surface area contributed by atoms with Crippen molar-refractivity contribution in [2.45, 2.75) is 32.9 Å². The molecule has 0 saturated heterocycles. The summed E-state index contributed by atoms with van der Waals surface area (Å²) < 4.78 is 40.2. The van der Waals surface area contributed by atoms with Crippen LogP contribution in [0.2, 0.25) is 10.0 Å². The first-order chi connectivity index (χ1) is 18.9. The molecule has 11 heteroatoms. The van der Waals surface area contributed by atoms with Crippen LogP contribution in [0.15, 0.2) is 72.8 Å². The number of hydrogen-bond donors (Lipinski definition) is 1. The third-order valence-corrected chi connectivity index (χ3v) is 7.92. The number of anilines is 1. The molecule has 0 heterocycles. The quantitative estimate of drug-likeness (QED) is 0.302. The molecule has 2 amide bonds. The fourth-order valence-corrected chi connectivity index (χ4v) is 5.25. The normalized spacial score (nSPS) is 12.2. The summed E-state index contributed by atoms with van der Waals surface area (Å²) in [5.74, 6) is -1.59. The van der Waals surface area contributed by atoms with Gasteiger partial charge in [-0.3, -0.25) is 13.9 Å². The van der Waals surface area contributed by atoms with Gasteiger partial charge in [-0.15, -0.1) is 0 Å². The van der Waals surface area contributed by atoms with E-state index in [1.165, 1.54) is 11.0 Å². The van der Waals surface area contributed by atoms with Crippen LogP contribution in [0.25, 0.3) is 0 Å². The predicted octanol–water partition coefficient (Wildman–Crippen LogP) is 5.31. The van der Waals surface area contributed by atoms with Crippen molar-refractivity contribution in [1.29, 1.82) is 0 Å². The van der Waals surface area contributed by atoms with Crippen molar-refractivity contribution in [3.63, 3.8) is 0 Å². The van der Waals surface area contributed by atoms with Crippen LogP contribution in [0.5, 0.6) is 0 Å². The average molecular weight is 609 g/mol. The summed E-state index contributed by atoms with van der Waals surface area (Å²) in [4.78, 5) is 28.9. The topological polar surface area (TPSA) is 86.8 Å². The highest BCUT2D eigenvalue weighted by atomic mass is 35.5. The summed E-state index contributed by atoms with van der Waals surface area (Å²) in [6.07, 6.45) is 1.12. The first-order valence-corrected chi connectivity index (χ1v) is 15.2. The van der Waals surface area contributed by atoms with Crippen molar-refractivity contribution in [3.8, 4) is 0 Å². The maximum absolute atomic E-state index is 14.0. The standard InChI is InChI=1S/C29H32Cl2FN3O4S/c1-20(2)17-33-29(37)27(15-21-9-5-4-6-10-21)34(18-22-11-7-8-12-24(22)30)28(36)19-35(40(3,38)39)23-13-14-26(32)25(31)16-23/h4-14,16,20,27H,15,17-19H2,1-3H3,(H,33,37)/t27-/m0/s1. The van der Waals surface area contributed by atoms with E-state index in [-0.39, 0.29) is 35.5 Å². The molecular formula is C29H32Cl2FN3O4S. The number of nitrogens with zero attached hydrogens (tertiary/aromatic N) is 2. The Kier molecular flexibility index (Phi) is 11.0. The zero-order valence-corrected chi connectivity index (χ0v) is 24.8. The highest BCUT2D eigenvalue weighted by Gasteiger charge is 2.33. The Morgan fingerprint density at radius 1 is 0.950 bits per heavy atom. The minimum absolute atomic E-state index is 0.0174. The molecule has 0 aliphatic carbocycles. The minimum Gasteiger partial charge on any atom is -0.354 e. The van der Waals surface area contributed by atoms with Crippen LogP contribution in [0.1, 0.15) is 25.0 Å². The fraction of sp³-hybridized carbons (Fsp3) is 0.310. The molecule has 3 rings (SSSR count). The van der Waals surface area contributed by atoms with Gasteiger partial charge in [-0.2, -0.15) is 0 Å². The molecule has 0 saturated carbocycles. The highest BCUT2D eigenvalue weighted by Crippen LogP contribution is 2.26. The molecule has 1 atom stereocenters. The van der Waals surface area contributed by atoms with Gasteiger partial charge in [0.05, 0.1) is 17.0 Å². The Morgan fingerprint density at radius 3 is 2.20 bits per heavy atom. The van der Waals surface area contributed by atoms with Crippen LogP contribution in [-0.4, -0.2) is 50.5 Å². The molecule has 3 aromatic rings. The van der Waals surface area contributed by atoms with Gasteiger partial charge < -0.3 is 10.2 Å².